The Labute approximate surface area is 109 Å². The number of aromatic nitrogens is 1. The first kappa shape index (κ1) is 15.4. The fourth-order valence-corrected chi connectivity index (χ4v) is 1.30. The summed E-state index contributed by atoms with van der Waals surface area (Å²) in [6.07, 6.45) is -2.18. The number of pyridine rings is 1. The quantitative estimate of drug-likeness (QED) is 0.917. The van der Waals surface area contributed by atoms with Crippen molar-refractivity contribution in [2.24, 2.45) is 0 Å². The van der Waals surface area contributed by atoms with Gasteiger partial charge in [0.1, 0.15) is 5.60 Å². The van der Waals surface area contributed by atoms with Gasteiger partial charge in [-0.15, -0.1) is 0 Å². The lowest BCUT2D eigenvalue weighted by Gasteiger charge is -2.27. The second-order valence-electron chi connectivity index (χ2n) is 4.45. The number of carbonyl (C=O) groups excluding carboxylic acids is 1. The van der Waals surface area contributed by atoms with Crippen molar-refractivity contribution < 1.29 is 22.7 Å². The molecule has 0 aliphatic heterocycles. The Bertz CT molecular complexity index is 432. The number of amides is 1. The lowest BCUT2D eigenvalue weighted by molar-refractivity contribution is -0.169. The maximum atomic E-state index is 13.0. The summed E-state index contributed by atoms with van der Waals surface area (Å²) < 4.78 is 43.8. The van der Waals surface area contributed by atoms with Crippen molar-refractivity contribution in [3.63, 3.8) is 0 Å². The average molecular weight is 276 g/mol. The van der Waals surface area contributed by atoms with Crippen LogP contribution in [0, 0.1) is 0 Å². The molecule has 1 aromatic heterocycles. The molecule has 7 heteroatoms. The van der Waals surface area contributed by atoms with Crippen molar-refractivity contribution in [3.05, 3.63) is 30.1 Å². The summed E-state index contributed by atoms with van der Waals surface area (Å²) in [4.78, 5) is 15.4. The molecular formula is C12H15F3N2O2. The van der Waals surface area contributed by atoms with Gasteiger partial charge in [0.15, 0.2) is 6.04 Å². The number of nitrogens with one attached hydrogen (secondary N) is 1. The minimum atomic E-state index is -4.61. The number of halogens is 3. The highest BCUT2D eigenvalue weighted by Gasteiger charge is 2.44. The third-order valence-electron chi connectivity index (χ3n) is 2.68. The maximum absolute atomic E-state index is 13.0. The molecule has 1 heterocycles. The maximum Gasteiger partial charge on any atom is 0.412 e. The number of carbonyl (C=O) groups is 1. The highest BCUT2D eigenvalue weighted by molar-refractivity contribution is 5.84. The molecule has 0 aliphatic carbocycles. The molecule has 1 amide bonds. The first-order valence-corrected chi connectivity index (χ1v) is 5.51. The van der Waals surface area contributed by atoms with E-state index in [0.29, 0.717) is 0 Å². The number of nitrogens with zero attached hydrogens (tertiary/aromatic N) is 1. The Balaban J connectivity index is 2.99. The van der Waals surface area contributed by atoms with Crippen LogP contribution in [0.3, 0.4) is 0 Å². The largest absolute Gasteiger partial charge is 0.412 e. The molecule has 1 atom stereocenters. The predicted octanol–water partition coefficient (Wildman–Crippen LogP) is 2.23. The van der Waals surface area contributed by atoms with E-state index in [1.165, 1.54) is 39.3 Å². The second-order valence-corrected chi connectivity index (χ2v) is 4.45. The number of hydrogen-bond acceptors (Lipinski definition) is 3. The molecule has 106 valence electrons. The first-order chi connectivity index (χ1) is 8.68. The monoisotopic (exact) mass is 276 g/mol. The zero-order valence-corrected chi connectivity index (χ0v) is 10.8. The summed E-state index contributed by atoms with van der Waals surface area (Å²) in [6.45, 7) is 2.78. The second kappa shape index (κ2) is 5.56. The summed E-state index contributed by atoms with van der Waals surface area (Å²) in [5.41, 5.74) is -1.47. The van der Waals surface area contributed by atoms with E-state index in [-0.39, 0.29) is 5.56 Å². The molecule has 0 aromatic carbocycles. The van der Waals surface area contributed by atoms with Crippen molar-refractivity contribution in [2.45, 2.75) is 31.7 Å². The van der Waals surface area contributed by atoms with E-state index in [0.717, 1.165) is 6.20 Å². The normalized spacial score (nSPS) is 14.0. The van der Waals surface area contributed by atoms with Crippen LogP contribution in [0.1, 0.15) is 25.5 Å². The van der Waals surface area contributed by atoms with Crippen molar-refractivity contribution in [3.8, 4) is 0 Å². The van der Waals surface area contributed by atoms with E-state index >= 15 is 0 Å². The van der Waals surface area contributed by atoms with E-state index < -0.39 is 23.7 Å². The average Bonchev–Trinajstić information content (AvgIpc) is 2.35. The van der Waals surface area contributed by atoms with Crippen LogP contribution in [-0.2, 0) is 9.53 Å². The summed E-state index contributed by atoms with van der Waals surface area (Å²) in [5.74, 6) is -0.846. The number of hydrogen-bond donors (Lipinski definition) is 1. The van der Waals surface area contributed by atoms with Gasteiger partial charge < -0.3 is 10.1 Å². The Morgan fingerprint density at radius 1 is 1.42 bits per heavy atom. The van der Waals surface area contributed by atoms with Crippen molar-refractivity contribution in [1.29, 1.82) is 0 Å². The van der Waals surface area contributed by atoms with Gasteiger partial charge in [-0.3, -0.25) is 9.78 Å². The molecule has 0 radical (unpaired) electrons. The van der Waals surface area contributed by atoms with Crippen LogP contribution in [0.2, 0.25) is 0 Å². The number of alkyl halides is 3. The molecular weight excluding hydrogens is 261 g/mol. The van der Waals surface area contributed by atoms with Crippen LogP contribution in [0.15, 0.2) is 24.5 Å². The number of rotatable bonds is 4. The molecule has 0 saturated carbocycles. The van der Waals surface area contributed by atoms with E-state index in [4.69, 9.17) is 4.74 Å². The molecule has 0 spiro atoms. The van der Waals surface area contributed by atoms with Gasteiger partial charge in [-0.05, 0) is 19.9 Å². The number of ether oxygens (including phenoxy) is 1. The van der Waals surface area contributed by atoms with Crippen LogP contribution in [0.4, 0.5) is 13.2 Å². The van der Waals surface area contributed by atoms with Gasteiger partial charge in [-0.1, -0.05) is 6.07 Å². The summed E-state index contributed by atoms with van der Waals surface area (Å²) in [5, 5.41) is 1.94. The molecule has 4 nitrogen and oxygen atoms in total. The van der Waals surface area contributed by atoms with Crippen molar-refractivity contribution >= 4 is 5.91 Å². The van der Waals surface area contributed by atoms with Gasteiger partial charge in [0, 0.05) is 25.1 Å². The highest BCUT2D eigenvalue weighted by atomic mass is 19.4. The summed E-state index contributed by atoms with van der Waals surface area (Å²) >= 11 is 0. The van der Waals surface area contributed by atoms with Crippen LogP contribution in [-0.4, -0.2) is 29.8 Å². The van der Waals surface area contributed by atoms with Gasteiger partial charge in [-0.25, -0.2) is 0 Å². The van der Waals surface area contributed by atoms with Crippen LogP contribution in [0.25, 0.3) is 0 Å². The molecule has 0 unspecified atom stereocenters. The molecule has 1 rings (SSSR count). The summed E-state index contributed by atoms with van der Waals surface area (Å²) in [7, 11) is 1.26. The SMILES string of the molecule is COC(C)(C)C(=O)N[C@@H](c1cccnc1)C(F)(F)F. The molecule has 19 heavy (non-hydrogen) atoms. The van der Waals surface area contributed by atoms with Crippen LogP contribution in [0.5, 0.6) is 0 Å². The van der Waals surface area contributed by atoms with Gasteiger partial charge in [0.25, 0.3) is 5.91 Å². The van der Waals surface area contributed by atoms with E-state index in [2.05, 4.69) is 4.98 Å². The van der Waals surface area contributed by atoms with Gasteiger partial charge >= 0.3 is 6.18 Å². The van der Waals surface area contributed by atoms with Crippen molar-refractivity contribution in [1.82, 2.24) is 10.3 Å². The first-order valence-electron chi connectivity index (χ1n) is 5.51. The Morgan fingerprint density at radius 2 is 2.05 bits per heavy atom. The third kappa shape index (κ3) is 3.92. The zero-order chi connectivity index (χ0) is 14.7. The lowest BCUT2D eigenvalue weighted by Crippen LogP contribution is -2.48. The minimum Gasteiger partial charge on any atom is -0.369 e. The molecule has 1 N–H and O–H groups in total. The Kier molecular flexibility index (Phi) is 4.52. The van der Waals surface area contributed by atoms with Crippen LogP contribution < -0.4 is 5.32 Å². The smallest absolute Gasteiger partial charge is 0.369 e. The third-order valence-corrected chi connectivity index (χ3v) is 2.68. The van der Waals surface area contributed by atoms with Gasteiger partial charge in [-0.2, -0.15) is 13.2 Å². The van der Waals surface area contributed by atoms with E-state index in [9.17, 15) is 18.0 Å². The molecule has 0 bridgehead atoms. The highest BCUT2D eigenvalue weighted by Crippen LogP contribution is 2.32. The fourth-order valence-electron chi connectivity index (χ4n) is 1.30. The van der Waals surface area contributed by atoms with E-state index in [1.54, 1.807) is 0 Å². The Hall–Kier alpha value is -1.63. The number of methoxy groups -OCH3 is 1. The van der Waals surface area contributed by atoms with E-state index in [1.807, 2.05) is 5.32 Å². The molecule has 0 aliphatic rings. The lowest BCUT2D eigenvalue weighted by atomic mass is 10.1. The molecule has 0 fully saturated rings. The van der Waals surface area contributed by atoms with Crippen molar-refractivity contribution in [2.75, 3.05) is 7.11 Å². The van der Waals surface area contributed by atoms with Gasteiger partial charge in [0.05, 0.1) is 0 Å². The summed E-state index contributed by atoms with van der Waals surface area (Å²) in [6, 6.07) is 0.524. The molecule has 1 aromatic rings. The fraction of sp³-hybridized carbons (Fsp3) is 0.500. The van der Waals surface area contributed by atoms with Crippen LogP contribution >= 0.6 is 0 Å². The molecule has 0 saturated heterocycles. The predicted molar refractivity (Wildman–Crippen MR) is 62.3 cm³/mol. The zero-order valence-electron chi connectivity index (χ0n) is 10.8. The standard InChI is InChI=1S/C12H15F3N2O2/c1-11(2,19-3)10(18)17-9(12(13,14)15)8-5-4-6-16-7-8/h4-7,9H,1-3H3,(H,17,18)/t9-/m0/s1. The minimum absolute atomic E-state index is 0.129. The van der Waals surface area contributed by atoms with Gasteiger partial charge in [0.2, 0.25) is 0 Å². The Morgan fingerprint density at radius 3 is 2.47 bits per heavy atom. The topological polar surface area (TPSA) is 51.2 Å².